The average molecular weight is 405 g/mol. The predicted octanol–water partition coefficient (Wildman–Crippen LogP) is 3.70. The van der Waals surface area contributed by atoms with Gasteiger partial charge in [-0.15, -0.1) is 0 Å². The summed E-state index contributed by atoms with van der Waals surface area (Å²) in [6.07, 6.45) is 3.72. The van der Waals surface area contributed by atoms with Gasteiger partial charge in [-0.1, -0.05) is 0 Å². The van der Waals surface area contributed by atoms with E-state index in [2.05, 4.69) is 4.90 Å². The first-order valence-electron chi connectivity index (χ1n) is 10.2. The number of hydrogen-bond acceptors (Lipinski definition) is 6. The van der Waals surface area contributed by atoms with Crippen LogP contribution in [0.3, 0.4) is 0 Å². The topological polar surface area (TPSA) is 96.2 Å². The second-order valence-corrected chi connectivity index (χ2v) is 9.18. The number of ether oxygens (including phenoxy) is 1. The summed E-state index contributed by atoms with van der Waals surface area (Å²) >= 11 is 0. The molecule has 0 radical (unpaired) electrons. The van der Waals surface area contributed by atoms with Gasteiger partial charge in [-0.2, -0.15) is 0 Å². The van der Waals surface area contributed by atoms with Crippen LogP contribution in [0, 0.1) is 15.5 Å². The van der Waals surface area contributed by atoms with Crippen molar-refractivity contribution in [1.29, 1.82) is 0 Å². The quantitative estimate of drug-likeness (QED) is 0.608. The van der Waals surface area contributed by atoms with Gasteiger partial charge in [-0.25, -0.2) is 4.79 Å². The lowest BCUT2D eigenvalue weighted by molar-refractivity contribution is -0.384. The zero-order valence-electron chi connectivity index (χ0n) is 17.5. The van der Waals surface area contributed by atoms with Gasteiger partial charge in [0.05, 0.1) is 11.5 Å². The molecule has 3 rings (SSSR count). The number of hydrogen-bond donors (Lipinski definition) is 1. The molecule has 1 amide bonds. The summed E-state index contributed by atoms with van der Waals surface area (Å²) in [5.41, 5.74) is 1.22. The predicted molar refractivity (Wildman–Crippen MR) is 110 cm³/mol. The number of carbonyl (C=O) groups is 1. The fraction of sp³-hybridized carbons (Fsp3) is 0.667. The molecular weight excluding hydrogens is 374 g/mol. The molecule has 29 heavy (non-hydrogen) atoms. The number of benzene rings is 1. The maximum atomic E-state index is 12.3. The molecule has 2 saturated heterocycles. The lowest BCUT2D eigenvalue weighted by Gasteiger charge is -2.47. The number of nitro groups is 1. The van der Waals surface area contributed by atoms with E-state index in [4.69, 9.17) is 4.74 Å². The molecule has 1 N–H and O–H groups in total. The summed E-state index contributed by atoms with van der Waals surface area (Å²) in [6, 6.07) is 4.70. The molecule has 0 aliphatic carbocycles. The summed E-state index contributed by atoms with van der Waals surface area (Å²) < 4.78 is 5.49. The fourth-order valence-corrected chi connectivity index (χ4v) is 4.33. The Labute approximate surface area is 171 Å². The number of aliphatic hydroxyl groups excluding tert-OH is 1. The van der Waals surface area contributed by atoms with Crippen molar-refractivity contribution < 1.29 is 19.6 Å². The number of rotatable bonds is 3. The van der Waals surface area contributed by atoms with Crippen molar-refractivity contribution in [2.45, 2.75) is 58.7 Å². The molecule has 0 bridgehead atoms. The monoisotopic (exact) mass is 405 g/mol. The molecule has 0 atom stereocenters. The summed E-state index contributed by atoms with van der Waals surface area (Å²) in [4.78, 5) is 26.9. The molecule has 0 aromatic heterocycles. The van der Waals surface area contributed by atoms with Crippen LogP contribution in [0.5, 0.6) is 0 Å². The van der Waals surface area contributed by atoms with E-state index in [1.165, 1.54) is 12.1 Å². The van der Waals surface area contributed by atoms with Gasteiger partial charge in [0.25, 0.3) is 5.69 Å². The SMILES string of the molecule is CC(C)(C)OC(=O)N1CCC2(CC1)CCN(c1ccc([N+](=O)[O-])cc1CO)CC2. The highest BCUT2D eigenvalue weighted by Gasteiger charge is 2.39. The second-order valence-electron chi connectivity index (χ2n) is 9.18. The number of carbonyl (C=O) groups excluding carboxylic acids is 1. The first-order chi connectivity index (χ1) is 13.6. The molecular formula is C21H31N3O5. The van der Waals surface area contributed by atoms with E-state index < -0.39 is 10.5 Å². The largest absolute Gasteiger partial charge is 0.444 e. The summed E-state index contributed by atoms with van der Waals surface area (Å²) in [5, 5.41) is 20.6. The minimum atomic E-state index is -0.479. The van der Waals surface area contributed by atoms with E-state index in [1.807, 2.05) is 25.7 Å². The summed E-state index contributed by atoms with van der Waals surface area (Å²) in [7, 11) is 0. The van der Waals surface area contributed by atoms with Crippen molar-refractivity contribution in [2.24, 2.45) is 5.41 Å². The molecule has 0 unspecified atom stereocenters. The second kappa shape index (κ2) is 8.18. The smallest absolute Gasteiger partial charge is 0.410 e. The number of aliphatic hydroxyl groups is 1. The number of non-ortho nitro benzene ring substituents is 1. The molecule has 2 aliphatic heterocycles. The number of amides is 1. The van der Waals surface area contributed by atoms with Crippen molar-refractivity contribution in [3.63, 3.8) is 0 Å². The normalized spacial score (nSPS) is 19.3. The number of likely N-dealkylation sites (tertiary alicyclic amines) is 1. The van der Waals surface area contributed by atoms with Gasteiger partial charge in [0.2, 0.25) is 0 Å². The van der Waals surface area contributed by atoms with E-state index in [1.54, 1.807) is 6.07 Å². The minimum Gasteiger partial charge on any atom is -0.444 e. The Kier molecular flexibility index (Phi) is 6.03. The van der Waals surface area contributed by atoms with E-state index >= 15 is 0 Å². The van der Waals surface area contributed by atoms with Gasteiger partial charge in [-0.3, -0.25) is 10.1 Å². The third kappa shape index (κ3) is 4.98. The first kappa shape index (κ1) is 21.4. The van der Waals surface area contributed by atoms with Crippen molar-refractivity contribution in [3.8, 4) is 0 Å². The lowest BCUT2D eigenvalue weighted by atomic mass is 9.71. The highest BCUT2D eigenvalue weighted by atomic mass is 16.6. The van der Waals surface area contributed by atoms with Crippen LogP contribution in [-0.2, 0) is 11.3 Å². The van der Waals surface area contributed by atoms with Gasteiger partial charge < -0.3 is 19.6 Å². The van der Waals surface area contributed by atoms with Crippen LogP contribution in [0.4, 0.5) is 16.2 Å². The Bertz CT molecular complexity index is 756. The van der Waals surface area contributed by atoms with Crippen LogP contribution >= 0.6 is 0 Å². The fourth-order valence-electron chi connectivity index (χ4n) is 4.33. The van der Waals surface area contributed by atoms with Crippen LogP contribution in [-0.4, -0.2) is 52.8 Å². The molecule has 8 heteroatoms. The zero-order valence-corrected chi connectivity index (χ0v) is 17.5. The van der Waals surface area contributed by atoms with Crippen LogP contribution in [0.15, 0.2) is 18.2 Å². The number of nitro benzene ring substituents is 1. The van der Waals surface area contributed by atoms with E-state index in [0.29, 0.717) is 18.7 Å². The molecule has 2 aliphatic rings. The van der Waals surface area contributed by atoms with E-state index in [0.717, 1.165) is 44.5 Å². The van der Waals surface area contributed by atoms with Crippen molar-refractivity contribution in [2.75, 3.05) is 31.1 Å². The van der Waals surface area contributed by atoms with Gasteiger partial charge in [0.15, 0.2) is 0 Å². The molecule has 1 aromatic rings. The summed E-state index contributed by atoms with van der Waals surface area (Å²) in [5.74, 6) is 0. The highest BCUT2D eigenvalue weighted by Crippen LogP contribution is 2.43. The Hall–Kier alpha value is -2.35. The standard InChI is InChI=1S/C21H31N3O5/c1-20(2,3)29-19(26)23-12-8-21(9-13-23)6-10-22(11-7-21)18-5-4-17(24(27)28)14-16(18)15-25/h4-5,14,25H,6-13,15H2,1-3H3. The Morgan fingerprint density at radius 3 is 2.28 bits per heavy atom. The number of nitrogens with zero attached hydrogens (tertiary/aromatic N) is 3. The van der Waals surface area contributed by atoms with Crippen LogP contribution < -0.4 is 4.90 Å². The third-order valence-electron chi connectivity index (χ3n) is 6.08. The Balaban J connectivity index is 1.59. The number of anilines is 1. The van der Waals surface area contributed by atoms with Crippen molar-refractivity contribution in [1.82, 2.24) is 4.90 Å². The molecule has 8 nitrogen and oxygen atoms in total. The van der Waals surface area contributed by atoms with Gasteiger partial charge in [-0.05, 0) is 57.9 Å². The van der Waals surface area contributed by atoms with Gasteiger partial charge >= 0.3 is 6.09 Å². The summed E-state index contributed by atoms with van der Waals surface area (Å²) in [6.45, 7) is 8.54. The molecule has 2 fully saturated rings. The third-order valence-corrected chi connectivity index (χ3v) is 6.08. The van der Waals surface area contributed by atoms with Crippen LogP contribution in [0.2, 0.25) is 0 Å². The van der Waals surface area contributed by atoms with E-state index in [9.17, 15) is 20.0 Å². The van der Waals surface area contributed by atoms with Crippen molar-refractivity contribution in [3.05, 3.63) is 33.9 Å². The van der Waals surface area contributed by atoms with Crippen molar-refractivity contribution >= 4 is 17.5 Å². The molecule has 0 saturated carbocycles. The van der Waals surface area contributed by atoms with Gasteiger partial charge in [0.1, 0.15) is 5.60 Å². The lowest BCUT2D eigenvalue weighted by Crippen LogP contribution is -2.49. The Morgan fingerprint density at radius 2 is 1.76 bits per heavy atom. The maximum Gasteiger partial charge on any atom is 0.410 e. The Morgan fingerprint density at radius 1 is 1.17 bits per heavy atom. The van der Waals surface area contributed by atoms with Crippen LogP contribution in [0.1, 0.15) is 52.0 Å². The molecule has 160 valence electrons. The minimum absolute atomic E-state index is 0.000736. The maximum absolute atomic E-state index is 12.3. The molecule has 1 aromatic carbocycles. The van der Waals surface area contributed by atoms with Gasteiger partial charge in [0, 0.05) is 49.6 Å². The van der Waals surface area contributed by atoms with Crippen LogP contribution in [0.25, 0.3) is 0 Å². The van der Waals surface area contributed by atoms with E-state index in [-0.39, 0.29) is 23.8 Å². The zero-order chi connectivity index (χ0) is 21.2. The number of piperidine rings is 2. The molecule has 2 heterocycles. The molecule has 1 spiro atoms. The average Bonchev–Trinajstić information content (AvgIpc) is 2.67. The highest BCUT2D eigenvalue weighted by molar-refractivity contribution is 5.68. The first-order valence-corrected chi connectivity index (χ1v) is 10.2.